The van der Waals surface area contributed by atoms with Gasteiger partial charge in [-0.15, -0.1) is 0 Å². The fraction of sp³-hybridized carbons (Fsp3) is 0.667. The second-order valence-corrected chi connectivity index (χ2v) is 1.31. The van der Waals surface area contributed by atoms with Crippen molar-refractivity contribution in [1.82, 2.24) is 0 Å². The Morgan fingerprint density at radius 2 is 2.50 bits per heavy atom. The van der Waals surface area contributed by atoms with Gasteiger partial charge in [0.25, 0.3) is 20.4 Å². The summed E-state index contributed by atoms with van der Waals surface area (Å²) in [5.74, 6) is 0.523. The first-order chi connectivity index (χ1) is 2.80. The lowest BCUT2D eigenvalue weighted by Gasteiger charge is -2.10. The van der Waals surface area contributed by atoms with Gasteiger partial charge in [-0.1, -0.05) is 0 Å². The molecule has 0 aromatic carbocycles. The highest BCUT2D eigenvalue weighted by Gasteiger charge is 2.14. The maximum absolute atomic E-state index is 5.14. The maximum Gasteiger partial charge on any atom is 0.292 e. The Kier molecular flexibility index (Phi) is 0.618. The normalized spacial score (nSPS) is 19.5. The highest BCUT2D eigenvalue weighted by atomic mass is 16.5. The van der Waals surface area contributed by atoms with Crippen molar-refractivity contribution in [3.8, 4) is 0 Å². The van der Waals surface area contributed by atoms with E-state index in [0.29, 0.717) is 12.5 Å². The van der Waals surface area contributed by atoms with Gasteiger partial charge in [0.1, 0.15) is 7.05 Å². The Balaban J connectivity index is 2.66. The molecule has 0 fully saturated rings. The summed E-state index contributed by atoms with van der Waals surface area (Å²) < 4.78 is 6.48. The molecule has 0 aromatic heterocycles. The molecule has 0 amide bonds. The van der Waals surface area contributed by atoms with Crippen LogP contribution in [0.5, 0.6) is 0 Å². The fourth-order valence-corrected chi connectivity index (χ4v) is 0.268. The lowest BCUT2D eigenvalue weighted by Crippen LogP contribution is -2.34. The van der Waals surface area contributed by atoms with Crippen LogP contribution in [0.4, 0.5) is 0 Å². The number of ether oxygens (including phenoxy) is 1. The largest absolute Gasteiger partial charge is 0.397 e. The van der Waals surface area contributed by atoms with Crippen molar-refractivity contribution < 1.29 is 9.31 Å². The molecule has 1 aliphatic heterocycles. The van der Waals surface area contributed by atoms with Crippen molar-refractivity contribution in [3.63, 3.8) is 0 Å². The molecule has 0 unspecified atom stereocenters. The van der Waals surface area contributed by atoms with Gasteiger partial charge in [0, 0.05) is 0 Å². The van der Waals surface area contributed by atoms with Crippen molar-refractivity contribution in [2.75, 3.05) is 13.8 Å². The van der Waals surface area contributed by atoms with Gasteiger partial charge in [-0.05, 0) is 0 Å². The molecule has 0 atom stereocenters. The monoisotopic (exact) mass is 82.0 g/mol. The third-order valence-corrected chi connectivity index (χ3v) is 0.782. The van der Waals surface area contributed by atoms with Crippen LogP contribution in [-0.2, 0) is 4.74 Å². The molecule has 0 saturated carbocycles. The summed E-state index contributed by atoms with van der Waals surface area (Å²) in [6, 6.07) is 0. The first-order valence-corrected chi connectivity index (χ1v) is 1.77. The third-order valence-electron chi connectivity index (χ3n) is 0.782. The zero-order valence-corrected chi connectivity index (χ0v) is 3.64. The van der Waals surface area contributed by atoms with Crippen LogP contribution in [-0.4, -0.2) is 32.0 Å². The summed E-state index contributed by atoms with van der Waals surface area (Å²) in [6.07, 6.45) is 0. The Labute approximate surface area is 37.8 Å². The van der Waals surface area contributed by atoms with Gasteiger partial charge in [0.05, 0.1) is 0 Å². The molecule has 1 heterocycles. The molecule has 1 aliphatic rings. The van der Waals surface area contributed by atoms with E-state index in [4.69, 9.17) is 7.85 Å². The molecule has 0 bridgehead atoms. The second kappa shape index (κ2) is 0.998. The third kappa shape index (κ3) is 0.312. The molecule has 0 N–H and O–H groups in total. The molecule has 0 spiro atoms. The lowest BCUT2D eigenvalue weighted by atomic mass is 10.1. The van der Waals surface area contributed by atoms with Crippen LogP contribution in [0.25, 0.3) is 0 Å². The Morgan fingerprint density at radius 3 is 2.50 bits per heavy atom. The number of hydrogen-bond donors (Lipinski definition) is 0. The highest BCUT2D eigenvalue weighted by Crippen LogP contribution is 1.87. The summed E-state index contributed by atoms with van der Waals surface area (Å²) >= 11 is 0. The predicted octanol–water partition coefficient (Wildman–Crippen LogP) is -0.859. The van der Waals surface area contributed by atoms with Crippen LogP contribution in [0.3, 0.4) is 0 Å². The maximum atomic E-state index is 5.14. The summed E-state index contributed by atoms with van der Waals surface area (Å²) in [5.41, 5.74) is 0. The van der Waals surface area contributed by atoms with E-state index < -0.39 is 0 Å². The minimum atomic E-state index is 0.523. The van der Waals surface area contributed by atoms with Crippen LogP contribution in [0, 0.1) is 0 Å². The average molecular weight is 81.9 g/mol. The number of nitrogens with zero attached hydrogens (tertiary/aromatic N) is 1. The summed E-state index contributed by atoms with van der Waals surface area (Å²) in [4.78, 5) is 0. The first kappa shape index (κ1) is 3.72. The van der Waals surface area contributed by atoms with Crippen LogP contribution in [0.2, 0.25) is 0 Å². The lowest BCUT2D eigenvalue weighted by molar-refractivity contribution is -0.585. The molecular formula is C3H5BNO+. The van der Waals surface area contributed by atoms with E-state index in [9.17, 15) is 0 Å². The fourth-order valence-electron chi connectivity index (χ4n) is 0.268. The smallest absolute Gasteiger partial charge is 0.292 e. The quantitative estimate of drug-likeness (QED) is 0.273. The van der Waals surface area contributed by atoms with Gasteiger partial charge in [-0.25, -0.2) is 0 Å². The number of rotatable bonds is 0. The van der Waals surface area contributed by atoms with Crippen LogP contribution >= 0.6 is 0 Å². The van der Waals surface area contributed by atoms with E-state index >= 15 is 0 Å². The highest BCUT2D eigenvalue weighted by molar-refractivity contribution is 6.55. The molecule has 0 aromatic rings. The molecule has 6 heavy (non-hydrogen) atoms. The minimum absolute atomic E-state index is 0.523. The Hall–Kier alpha value is -0.465. The van der Waals surface area contributed by atoms with Gasteiger partial charge in [-0.2, -0.15) is 4.58 Å². The summed E-state index contributed by atoms with van der Waals surface area (Å²) in [7, 11) is 7.02. The predicted molar refractivity (Wildman–Crippen MR) is 22.9 cm³/mol. The van der Waals surface area contributed by atoms with Gasteiger partial charge in [0.15, 0.2) is 0 Å². The van der Waals surface area contributed by atoms with Gasteiger partial charge in [-0.3, -0.25) is 0 Å². The molecule has 0 aliphatic carbocycles. The second-order valence-electron chi connectivity index (χ2n) is 1.31. The van der Waals surface area contributed by atoms with Gasteiger partial charge in [0.2, 0.25) is 0 Å². The zero-order valence-electron chi connectivity index (χ0n) is 3.64. The van der Waals surface area contributed by atoms with Crippen molar-refractivity contribution in [2.24, 2.45) is 0 Å². The van der Waals surface area contributed by atoms with E-state index in [-0.39, 0.29) is 0 Å². The van der Waals surface area contributed by atoms with E-state index in [1.807, 2.05) is 11.6 Å². The standard InChI is InChI=1S/C3H5BNO/c1-5-2-6-3(5)4/h2H2,1H3/q+1. The minimum Gasteiger partial charge on any atom is -0.397 e. The van der Waals surface area contributed by atoms with Crippen molar-refractivity contribution in [3.05, 3.63) is 0 Å². The molecular weight excluding hydrogens is 76.9 g/mol. The molecule has 3 heteroatoms. The average Bonchev–Trinajstić information content (AvgIpc) is 1.61. The van der Waals surface area contributed by atoms with Crippen LogP contribution in [0.1, 0.15) is 0 Å². The molecule has 30 valence electrons. The first-order valence-electron chi connectivity index (χ1n) is 1.77. The van der Waals surface area contributed by atoms with Crippen LogP contribution < -0.4 is 0 Å². The zero-order chi connectivity index (χ0) is 4.57. The van der Waals surface area contributed by atoms with Crippen molar-refractivity contribution >= 4 is 13.6 Å². The summed E-state index contributed by atoms with van der Waals surface area (Å²) in [6.45, 7) is 0.645. The Bertz CT molecular complexity index is 87.0. The molecule has 2 nitrogen and oxygen atoms in total. The van der Waals surface area contributed by atoms with E-state index in [2.05, 4.69) is 4.74 Å². The number of hydrogen-bond acceptors (Lipinski definition) is 1. The molecule has 0 saturated heterocycles. The van der Waals surface area contributed by atoms with Crippen molar-refractivity contribution in [2.45, 2.75) is 0 Å². The van der Waals surface area contributed by atoms with Crippen LogP contribution in [0.15, 0.2) is 0 Å². The Morgan fingerprint density at radius 1 is 2.00 bits per heavy atom. The molecule has 1 rings (SSSR count). The molecule has 2 radical (unpaired) electrons. The van der Waals surface area contributed by atoms with Gasteiger partial charge >= 0.3 is 0 Å². The van der Waals surface area contributed by atoms with Gasteiger partial charge < -0.3 is 4.74 Å². The SMILES string of the molecule is [B]C1=[N+](C)CO1. The van der Waals surface area contributed by atoms with E-state index in [1.54, 1.807) is 0 Å². The van der Waals surface area contributed by atoms with Crippen molar-refractivity contribution in [1.29, 1.82) is 0 Å². The topological polar surface area (TPSA) is 12.2 Å². The van der Waals surface area contributed by atoms with E-state index in [1.165, 1.54) is 0 Å². The summed E-state index contributed by atoms with van der Waals surface area (Å²) in [5, 5.41) is 0. The van der Waals surface area contributed by atoms with E-state index in [0.717, 1.165) is 0 Å².